The first-order valence-electron chi connectivity index (χ1n) is 11.9. The lowest BCUT2D eigenvalue weighted by Gasteiger charge is -2.25. The molecule has 2 heterocycles. The number of nitrogens with zero attached hydrogens (tertiary/aromatic N) is 1. The van der Waals surface area contributed by atoms with Gasteiger partial charge in [-0.25, -0.2) is 4.39 Å². The third kappa shape index (κ3) is 4.18. The van der Waals surface area contributed by atoms with Gasteiger partial charge in [0.25, 0.3) is 11.9 Å². The van der Waals surface area contributed by atoms with Crippen LogP contribution in [0.2, 0.25) is 5.02 Å². The van der Waals surface area contributed by atoms with Crippen LogP contribution in [0, 0.1) is 15.9 Å². The molecule has 0 bridgehead atoms. The molecule has 2 aliphatic heterocycles. The predicted octanol–water partition coefficient (Wildman–Crippen LogP) is 5.03. The summed E-state index contributed by atoms with van der Waals surface area (Å²) in [5.74, 6) is -0.983. The van der Waals surface area contributed by atoms with E-state index >= 15 is 0 Å². The third-order valence-corrected chi connectivity index (χ3v) is 7.23. The summed E-state index contributed by atoms with van der Waals surface area (Å²) in [5, 5.41) is 18.8. The normalized spacial score (nSPS) is 24.1. The summed E-state index contributed by atoms with van der Waals surface area (Å²) in [6, 6.07) is 14.5. The molecule has 1 spiro atoms. The van der Waals surface area contributed by atoms with Gasteiger partial charge < -0.3 is 14.8 Å². The van der Waals surface area contributed by atoms with Crippen molar-refractivity contribution in [1.29, 1.82) is 0 Å². The number of halogens is 2. The predicted molar refractivity (Wildman–Crippen MR) is 136 cm³/mol. The molecule has 1 fully saturated rings. The molecule has 37 heavy (non-hydrogen) atoms. The number of fused-ring (bicyclic) bond motifs is 2. The molecule has 0 radical (unpaired) electrons. The average molecular weight is 526 g/mol. The molecule has 192 valence electrons. The molecule has 1 saturated heterocycles. The Hall–Kier alpha value is -3.69. The number of nitro groups is 1. The molecule has 0 unspecified atom stereocenters. The van der Waals surface area contributed by atoms with Crippen molar-refractivity contribution in [3.8, 4) is 11.5 Å². The molecular formula is C27H25ClFN3O5. The van der Waals surface area contributed by atoms with Crippen LogP contribution < -0.4 is 20.1 Å². The van der Waals surface area contributed by atoms with E-state index in [-0.39, 0.29) is 23.2 Å². The molecule has 8 nitrogen and oxygen atoms in total. The zero-order valence-corrected chi connectivity index (χ0v) is 20.9. The molecule has 5 rings (SSSR count). The maximum atomic E-state index is 13.6. The number of carbonyl (C=O) groups is 1. The average Bonchev–Trinajstić information content (AvgIpc) is 3.32. The number of anilines is 1. The number of carbonyl (C=O) groups excluding carboxylic acids is 1. The number of ether oxygens (including phenoxy) is 2. The summed E-state index contributed by atoms with van der Waals surface area (Å²) in [4.78, 5) is 25.4. The highest BCUT2D eigenvalue weighted by Crippen LogP contribution is 2.51. The number of amides is 1. The summed E-state index contributed by atoms with van der Waals surface area (Å²) in [7, 11) is 0. The van der Waals surface area contributed by atoms with E-state index < -0.39 is 34.4 Å². The van der Waals surface area contributed by atoms with Crippen molar-refractivity contribution in [1.82, 2.24) is 5.32 Å². The first-order valence-corrected chi connectivity index (χ1v) is 12.3. The molecule has 0 aromatic heterocycles. The number of rotatable bonds is 7. The molecule has 3 aromatic rings. The van der Waals surface area contributed by atoms with E-state index in [4.69, 9.17) is 21.1 Å². The zero-order chi connectivity index (χ0) is 26.3. The minimum Gasteiger partial charge on any atom is -0.490 e. The van der Waals surface area contributed by atoms with Crippen LogP contribution in [-0.2, 0) is 16.9 Å². The summed E-state index contributed by atoms with van der Waals surface area (Å²) in [6.07, 6.45) is 0. The van der Waals surface area contributed by atoms with Crippen molar-refractivity contribution in [3.63, 3.8) is 0 Å². The molecule has 0 aliphatic carbocycles. The third-order valence-electron chi connectivity index (χ3n) is 6.95. The lowest BCUT2D eigenvalue weighted by atomic mass is 9.78. The Balaban J connectivity index is 1.55. The van der Waals surface area contributed by atoms with Crippen LogP contribution >= 0.6 is 11.6 Å². The Morgan fingerprint density at radius 3 is 2.65 bits per heavy atom. The molecular weight excluding hydrogens is 501 g/mol. The molecule has 3 aromatic carbocycles. The maximum Gasteiger partial charge on any atom is 0.256 e. The van der Waals surface area contributed by atoms with Gasteiger partial charge in [0, 0.05) is 22.2 Å². The summed E-state index contributed by atoms with van der Waals surface area (Å²) >= 11 is 6.63. The fourth-order valence-electron chi connectivity index (χ4n) is 5.52. The van der Waals surface area contributed by atoms with Gasteiger partial charge in [0.05, 0.1) is 17.5 Å². The second-order valence-electron chi connectivity index (χ2n) is 9.18. The van der Waals surface area contributed by atoms with Crippen molar-refractivity contribution in [2.45, 2.75) is 44.0 Å². The van der Waals surface area contributed by atoms with Crippen LogP contribution in [0.15, 0.2) is 60.7 Å². The monoisotopic (exact) mass is 525 g/mol. The minimum atomic E-state index is -1.53. The molecule has 1 amide bonds. The second kappa shape index (κ2) is 9.64. The van der Waals surface area contributed by atoms with Crippen LogP contribution in [-0.4, -0.2) is 29.5 Å². The van der Waals surface area contributed by atoms with Crippen LogP contribution in [0.5, 0.6) is 11.5 Å². The number of hydrogen-bond donors (Lipinski definition) is 2. The van der Waals surface area contributed by atoms with Crippen LogP contribution in [0.4, 0.5) is 10.1 Å². The van der Waals surface area contributed by atoms with Crippen molar-refractivity contribution in [2.75, 3.05) is 11.9 Å². The standard InChI is InChI=1S/C27H25ClFN3O5/c1-3-36-22-13-17(12-20(28)24(22)37-14-16-7-6-8-18(29)11-16)23-15(2)31-27(25(23)32(34)35)19-9-4-5-10-21(19)30-26(27)33/h4-13,15,23,25,31H,3,14H2,1-2H3,(H,30,33)/t15-,23-,25-,27-/m0/s1. The van der Waals surface area contributed by atoms with Gasteiger partial charge in [-0.3, -0.25) is 20.2 Å². The van der Waals surface area contributed by atoms with E-state index in [1.54, 1.807) is 55.5 Å². The largest absolute Gasteiger partial charge is 0.490 e. The molecule has 10 heteroatoms. The SMILES string of the molecule is CCOc1cc([C@@H]2[C@H](C)N[C@]3(C(=O)Nc4ccccc43)[C@H]2[N+](=O)[O-])cc(Cl)c1OCc1cccc(F)c1. The van der Waals surface area contributed by atoms with Gasteiger partial charge in [-0.05, 0) is 55.3 Å². The van der Waals surface area contributed by atoms with Crippen molar-refractivity contribution in [2.24, 2.45) is 0 Å². The highest BCUT2D eigenvalue weighted by atomic mass is 35.5. The fourth-order valence-corrected chi connectivity index (χ4v) is 5.79. The Kier molecular flexibility index (Phi) is 6.51. The van der Waals surface area contributed by atoms with Crippen LogP contribution in [0.3, 0.4) is 0 Å². The van der Waals surface area contributed by atoms with E-state index in [0.717, 1.165) is 0 Å². The molecule has 2 N–H and O–H groups in total. The summed E-state index contributed by atoms with van der Waals surface area (Å²) in [6.45, 7) is 3.96. The quantitative estimate of drug-likeness (QED) is 0.331. The first kappa shape index (κ1) is 25.0. The lowest BCUT2D eigenvalue weighted by molar-refractivity contribution is -0.532. The van der Waals surface area contributed by atoms with Crippen LogP contribution in [0.1, 0.15) is 36.5 Å². The Bertz CT molecular complexity index is 1390. The van der Waals surface area contributed by atoms with Gasteiger partial charge in [0.1, 0.15) is 12.4 Å². The number of para-hydroxylation sites is 1. The zero-order valence-electron chi connectivity index (χ0n) is 20.2. The highest BCUT2D eigenvalue weighted by molar-refractivity contribution is 6.32. The lowest BCUT2D eigenvalue weighted by Crippen LogP contribution is -2.54. The molecule has 0 saturated carbocycles. The van der Waals surface area contributed by atoms with E-state index in [9.17, 15) is 19.3 Å². The Morgan fingerprint density at radius 1 is 1.14 bits per heavy atom. The number of hydrogen-bond acceptors (Lipinski definition) is 6. The van der Waals surface area contributed by atoms with Gasteiger partial charge in [-0.15, -0.1) is 0 Å². The smallest absolute Gasteiger partial charge is 0.256 e. The Labute approximate surface area is 217 Å². The molecule has 4 atom stereocenters. The first-order chi connectivity index (χ1) is 17.8. The topological polar surface area (TPSA) is 103 Å². The number of nitrogens with one attached hydrogen (secondary N) is 2. The fraction of sp³-hybridized carbons (Fsp3) is 0.296. The number of benzene rings is 3. The van der Waals surface area contributed by atoms with Crippen LogP contribution in [0.25, 0.3) is 0 Å². The van der Waals surface area contributed by atoms with Crippen molar-refractivity contribution >= 4 is 23.2 Å². The van der Waals surface area contributed by atoms with Gasteiger partial charge in [-0.1, -0.05) is 41.9 Å². The highest BCUT2D eigenvalue weighted by Gasteiger charge is 2.67. The van der Waals surface area contributed by atoms with Gasteiger partial charge >= 0.3 is 0 Å². The van der Waals surface area contributed by atoms with Crippen molar-refractivity contribution in [3.05, 3.63) is 98.3 Å². The minimum absolute atomic E-state index is 0.0515. The Morgan fingerprint density at radius 2 is 1.92 bits per heavy atom. The second-order valence-corrected chi connectivity index (χ2v) is 9.59. The van der Waals surface area contributed by atoms with E-state index in [0.29, 0.717) is 34.7 Å². The van der Waals surface area contributed by atoms with E-state index in [1.165, 1.54) is 12.1 Å². The van der Waals surface area contributed by atoms with Gasteiger partial charge in [-0.2, -0.15) is 0 Å². The summed E-state index contributed by atoms with van der Waals surface area (Å²) in [5.41, 5.74) is 0.713. The van der Waals surface area contributed by atoms with Crippen molar-refractivity contribution < 1.29 is 23.6 Å². The van der Waals surface area contributed by atoms with E-state index in [2.05, 4.69) is 10.6 Å². The van der Waals surface area contributed by atoms with Gasteiger partial charge in [0.2, 0.25) is 0 Å². The van der Waals surface area contributed by atoms with Gasteiger partial charge in [0.15, 0.2) is 17.0 Å². The molecule has 2 aliphatic rings. The maximum absolute atomic E-state index is 13.6. The summed E-state index contributed by atoms with van der Waals surface area (Å²) < 4.78 is 25.3. The van der Waals surface area contributed by atoms with E-state index in [1.807, 2.05) is 6.92 Å².